The van der Waals surface area contributed by atoms with Gasteiger partial charge < -0.3 is 14.2 Å². The van der Waals surface area contributed by atoms with E-state index in [4.69, 9.17) is 14.2 Å². The Morgan fingerprint density at radius 3 is 1.05 bits per heavy atom. The number of unbranched alkanes of at least 4 members (excludes halogenated alkanes) is 20. The van der Waals surface area contributed by atoms with Gasteiger partial charge in [0.2, 0.25) is 0 Å². The van der Waals surface area contributed by atoms with E-state index in [9.17, 15) is 14.4 Å². The third-order valence-electron chi connectivity index (χ3n) is 11.1. The largest absolute Gasteiger partial charge is 0.462 e. The highest BCUT2D eigenvalue weighted by molar-refractivity contribution is 5.71. The van der Waals surface area contributed by atoms with E-state index >= 15 is 0 Å². The molecule has 0 aliphatic rings. The van der Waals surface area contributed by atoms with Crippen molar-refractivity contribution in [1.82, 2.24) is 0 Å². The summed E-state index contributed by atoms with van der Waals surface area (Å²) in [5.74, 6) is -1.01. The van der Waals surface area contributed by atoms with Crippen molar-refractivity contribution in [2.75, 3.05) is 13.2 Å². The first-order valence-corrected chi connectivity index (χ1v) is 26.7. The highest BCUT2D eigenvalue weighted by Crippen LogP contribution is 2.13. The lowest BCUT2D eigenvalue weighted by atomic mass is 10.1. The molecule has 0 fully saturated rings. The standard InChI is InChI=1S/C59H98O6/c1-4-7-10-13-16-19-22-25-27-28-29-30-32-34-37-40-43-46-49-52-58(61)64-55-56(54-63-57(60)51-48-45-42-39-36-33-24-21-18-15-12-9-6-3)65-59(62)53-50-47-44-41-38-35-31-26-23-20-17-14-11-8-5-2/h7,10,16,19,21,24-27,29-31,34,37,43,46,56H,4-6,8-9,11-15,17-18,20,22-23,28,32-33,35-36,38-42,44-45,47-55H2,1-3H3/b10-7-,19-16-,24-21-,27-25-,30-29-,31-26-,37-34-,46-43-/t56-/m1/s1. The second kappa shape index (κ2) is 52.9. The molecule has 65 heavy (non-hydrogen) atoms. The number of hydrogen-bond acceptors (Lipinski definition) is 6. The van der Waals surface area contributed by atoms with Gasteiger partial charge in [-0.15, -0.1) is 0 Å². The maximum Gasteiger partial charge on any atom is 0.306 e. The van der Waals surface area contributed by atoms with E-state index in [1.165, 1.54) is 89.9 Å². The molecule has 0 unspecified atom stereocenters. The lowest BCUT2D eigenvalue weighted by molar-refractivity contribution is -0.166. The molecule has 0 aliphatic heterocycles. The van der Waals surface area contributed by atoms with Crippen molar-refractivity contribution in [3.63, 3.8) is 0 Å². The molecule has 370 valence electrons. The average Bonchev–Trinajstić information content (AvgIpc) is 3.30. The van der Waals surface area contributed by atoms with E-state index in [-0.39, 0.29) is 37.5 Å². The molecule has 6 heteroatoms. The molecule has 1 atom stereocenters. The van der Waals surface area contributed by atoms with Gasteiger partial charge in [-0.1, -0.05) is 208 Å². The minimum atomic E-state index is -0.816. The Bertz CT molecular complexity index is 1310. The van der Waals surface area contributed by atoms with Crippen LogP contribution in [0.2, 0.25) is 0 Å². The second-order valence-corrected chi connectivity index (χ2v) is 17.4. The molecule has 0 aromatic rings. The van der Waals surface area contributed by atoms with Crippen LogP contribution in [0.4, 0.5) is 0 Å². The molecule has 0 bridgehead atoms. The zero-order valence-corrected chi connectivity index (χ0v) is 42.2. The Hall–Kier alpha value is -3.67. The van der Waals surface area contributed by atoms with Gasteiger partial charge in [0.15, 0.2) is 6.10 Å². The number of ether oxygens (including phenoxy) is 3. The molecule has 0 heterocycles. The number of rotatable bonds is 47. The molecule has 6 nitrogen and oxygen atoms in total. The van der Waals surface area contributed by atoms with Crippen molar-refractivity contribution < 1.29 is 28.6 Å². The fourth-order valence-electron chi connectivity index (χ4n) is 7.04. The summed E-state index contributed by atoms with van der Waals surface area (Å²) in [6, 6.07) is 0. The van der Waals surface area contributed by atoms with Gasteiger partial charge in [-0.3, -0.25) is 14.4 Å². The third kappa shape index (κ3) is 51.2. The zero-order chi connectivity index (χ0) is 47.2. The Balaban J connectivity index is 4.52. The summed E-state index contributed by atoms with van der Waals surface area (Å²) in [5.41, 5.74) is 0. The van der Waals surface area contributed by atoms with Gasteiger partial charge >= 0.3 is 17.9 Å². The minimum Gasteiger partial charge on any atom is -0.462 e. The summed E-state index contributed by atoms with van der Waals surface area (Å²) in [6.45, 7) is 6.42. The van der Waals surface area contributed by atoms with Crippen LogP contribution in [0.15, 0.2) is 97.2 Å². The number of esters is 3. The summed E-state index contributed by atoms with van der Waals surface area (Å²) in [6.07, 6.45) is 69.7. The molecule has 0 radical (unpaired) electrons. The lowest BCUT2D eigenvalue weighted by Crippen LogP contribution is -2.30. The number of carbonyl (C=O) groups excluding carboxylic acids is 3. The van der Waals surface area contributed by atoms with E-state index < -0.39 is 6.10 Å². The predicted molar refractivity (Wildman–Crippen MR) is 279 cm³/mol. The monoisotopic (exact) mass is 903 g/mol. The summed E-state index contributed by atoms with van der Waals surface area (Å²) >= 11 is 0. The van der Waals surface area contributed by atoms with E-state index in [0.717, 1.165) is 103 Å². The van der Waals surface area contributed by atoms with E-state index in [0.29, 0.717) is 19.3 Å². The summed E-state index contributed by atoms with van der Waals surface area (Å²) in [7, 11) is 0. The van der Waals surface area contributed by atoms with Gasteiger partial charge in [-0.25, -0.2) is 0 Å². The van der Waals surface area contributed by atoms with Crippen LogP contribution in [0, 0.1) is 0 Å². The normalized spacial score (nSPS) is 12.8. The van der Waals surface area contributed by atoms with Crippen LogP contribution in [0.5, 0.6) is 0 Å². The van der Waals surface area contributed by atoms with Crippen LogP contribution < -0.4 is 0 Å². The first-order chi connectivity index (χ1) is 32.0. The molecule has 0 rings (SSSR count). The predicted octanol–water partition coefficient (Wildman–Crippen LogP) is 17.8. The summed E-state index contributed by atoms with van der Waals surface area (Å²) in [4.78, 5) is 38.0. The fourth-order valence-corrected chi connectivity index (χ4v) is 7.04. The number of hydrogen-bond donors (Lipinski definition) is 0. The molecule has 0 saturated carbocycles. The summed E-state index contributed by atoms with van der Waals surface area (Å²) < 4.78 is 16.7. The molecule has 0 saturated heterocycles. The summed E-state index contributed by atoms with van der Waals surface area (Å²) in [5, 5.41) is 0. The van der Waals surface area contributed by atoms with Crippen LogP contribution in [-0.4, -0.2) is 37.2 Å². The van der Waals surface area contributed by atoms with Crippen LogP contribution in [-0.2, 0) is 28.6 Å². The van der Waals surface area contributed by atoms with Crippen LogP contribution in [0.3, 0.4) is 0 Å². The fraction of sp³-hybridized carbons (Fsp3) is 0.678. The SMILES string of the molecule is CC/C=C\C/C=C\C/C=C\C/C=C\C/C=C\C/C=C\CCC(=O)OC[C@@H](COC(=O)CCCCCCC/C=C\CCCCCC)OC(=O)CCCCCCC/C=C\CCCCCCCC. The van der Waals surface area contributed by atoms with Gasteiger partial charge in [-0.2, -0.15) is 0 Å². The van der Waals surface area contributed by atoms with Gasteiger partial charge in [0, 0.05) is 19.3 Å². The maximum atomic E-state index is 12.8. The van der Waals surface area contributed by atoms with Gasteiger partial charge in [0.1, 0.15) is 13.2 Å². The zero-order valence-electron chi connectivity index (χ0n) is 42.2. The van der Waals surface area contributed by atoms with Crippen molar-refractivity contribution >= 4 is 17.9 Å². The molecule has 0 aromatic carbocycles. The van der Waals surface area contributed by atoms with Crippen molar-refractivity contribution in [2.45, 2.75) is 245 Å². The van der Waals surface area contributed by atoms with Crippen molar-refractivity contribution in [3.05, 3.63) is 97.2 Å². The smallest absolute Gasteiger partial charge is 0.306 e. The Morgan fingerprint density at radius 2 is 0.631 bits per heavy atom. The van der Waals surface area contributed by atoms with Crippen molar-refractivity contribution in [2.24, 2.45) is 0 Å². The molecular formula is C59H98O6. The average molecular weight is 903 g/mol. The van der Waals surface area contributed by atoms with Crippen molar-refractivity contribution in [3.8, 4) is 0 Å². The Morgan fingerprint density at radius 1 is 0.323 bits per heavy atom. The van der Waals surface area contributed by atoms with Gasteiger partial charge in [0.05, 0.1) is 0 Å². The van der Waals surface area contributed by atoms with Crippen LogP contribution in [0.25, 0.3) is 0 Å². The molecule has 0 aliphatic carbocycles. The van der Waals surface area contributed by atoms with E-state index in [1.54, 1.807) is 0 Å². The second-order valence-electron chi connectivity index (χ2n) is 17.4. The first kappa shape index (κ1) is 61.3. The molecule has 0 N–H and O–H groups in total. The van der Waals surface area contributed by atoms with E-state index in [2.05, 4.69) is 112 Å². The molecule has 0 amide bonds. The maximum absolute atomic E-state index is 12.8. The van der Waals surface area contributed by atoms with Crippen LogP contribution >= 0.6 is 0 Å². The van der Waals surface area contributed by atoms with Gasteiger partial charge in [-0.05, 0) is 109 Å². The quantitative estimate of drug-likeness (QED) is 0.0262. The first-order valence-electron chi connectivity index (χ1n) is 26.7. The highest BCUT2D eigenvalue weighted by Gasteiger charge is 2.19. The Kier molecular flexibility index (Phi) is 50.0. The number of allylic oxidation sites excluding steroid dienone is 16. The van der Waals surface area contributed by atoms with Gasteiger partial charge in [0.25, 0.3) is 0 Å². The molecule has 0 aromatic heterocycles. The minimum absolute atomic E-state index is 0.109. The Labute approximate surface area is 400 Å². The third-order valence-corrected chi connectivity index (χ3v) is 11.1. The van der Waals surface area contributed by atoms with Crippen molar-refractivity contribution in [1.29, 1.82) is 0 Å². The number of carbonyl (C=O) groups is 3. The lowest BCUT2D eigenvalue weighted by Gasteiger charge is -2.18. The van der Waals surface area contributed by atoms with E-state index in [1.807, 2.05) is 6.08 Å². The molecule has 0 spiro atoms. The molecular weight excluding hydrogens is 805 g/mol. The topological polar surface area (TPSA) is 78.9 Å². The highest BCUT2D eigenvalue weighted by atomic mass is 16.6. The van der Waals surface area contributed by atoms with Crippen LogP contribution in [0.1, 0.15) is 239 Å².